The van der Waals surface area contributed by atoms with Gasteiger partial charge in [0.2, 0.25) is 21.8 Å². The monoisotopic (exact) mass is 680 g/mol. The van der Waals surface area contributed by atoms with Crippen LogP contribution < -0.4 is 19.5 Å². The van der Waals surface area contributed by atoms with E-state index < -0.39 is 21.4 Å². The number of hydrogen-bond acceptors (Lipinski definition) is 8. The number of para-hydroxylation sites is 1. The van der Waals surface area contributed by atoms with Crippen LogP contribution in [0.25, 0.3) is 10.9 Å². The summed E-state index contributed by atoms with van der Waals surface area (Å²) >= 11 is 0. The van der Waals surface area contributed by atoms with E-state index in [9.17, 15) is 18.0 Å². The van der Waals surface area contributed by atoms with Gasteiger partial charge >= 0.3 is 6.09 Å². The van der Waals surface area contributed by atoms with Crippen LogP contribution in [0.15, 0.2) is 36.4 Å². The van der Waals surface area contributed by atoms with Crippen molar-refractivity contribution in [1.29, 1.82) is 0 Å². The van der Waals surface area contributed by atoms with Crippen LogP contribution in [0, 0.1) is 0 Å². The fraction of sp³-hybridized carbons (Fsp3) is 0.543. The second-order valence-electron chi connectivity index (χ2n) is 14.4. The Morgan fingerprint density at radius 2 is 1.67 bits per heavy atom. The SMILES string of the molecule is COc1c(NC(=O)Oc2cc3cccc(CN4CCN(C(=O)[C@@H]5CCCN5C)CC4)c3n2C)cc(C(C)(C)C)cc1NS(=O)(=O)C1CC1. The summed E-state index contributed by atoms with van der Waals surface area (Å²) in [5.74, 6) is 0.824. The number of anilines is 2. The maximum absolute atomic E-state index is 13.4. The van der Waals surface area contributed by atoms with Crippen molar-refractivity contribution < 1.29 is 27.5 Å². The minimum absolute atomic E-state index is 0.00925. The van der Waals surface area contributed by atoms with Crippen molar-refractivity contribution in [1.82, 2.24) is 19.3 Å². The van der Waals surface area contributed by atoms with Gasteiger partial charge in [-0.3, -0.25) is 24.6 Å². The Kier molecular flexibility index (Phi) is 9.40. The van der Waals surface area contributed by atoms with Gasteiger partial charge in [-0.25, -0.2) is 13.2 Å². The number of fused-ring (bicyclic) bond motifs is 1. The van der Waals surface area contributed by atoms with E-state index in [1.54, 1.807) is 12.1 Å². The third-order valence-electron chi connectivity index (χ3n) is 9.79. The van der Waals surface area contributed by atoms with Crippen LogP contribution in [0.1, 0.15) is 57.6 Å². The van der Waals surface area contributed by atoms with E-state index in [1.807, 2.05) is 62.5 Å². The zero-order valence-corrected chi connectivity index (χ0v) is 29.7. The van der Waals surface area contributed by atoms with Crippen molar-refractivity contribution >= 4 is 44.3 Å². The summed E-state index contributed by atoms with van der Waals surface area (Å²) in [6.07, 6.45) is 2.53. The number of sulfonamides is 1. The van der Waals surface area contributed by atoms with Crippen molar-refractivity contribution in [3.8, 4) is 11.6 Å². The normalized spacial score (nSPS) is 19.5. The quantitative estimate of drug-likeness (QED) is 0.332. The topological polar surface area (TPSA) is 125 Å². The van der Waals surface area contributed by atoms with E-state index in [2.05, 4.69) is 25.9 Å². The van der Waals surface area contributed by atoms with Crippen molar-refractivity contribution in [3.63, 3.8) is 0 Å². The molecule has 3 aliphatic rings. The first-order valence-corrected chi connectivity index (χ1v) is 18.3. The Morgan fingerprint density at radius 1 is 0.958 bits per heavy atom. The molecule has 1 saturated carbocycles. The maximum atomic E-state index is 13.4. The third kappa shape index (κ3) is 7.13. The fourth-order valence-electron chi connectivity index (χ4n) is 6.80. The molecule has 3 heterocycles. The summed E-state index contributed by atoms with van der Waals surface area (Å²) in [7, 11) is 1.77. The average molecular weight is 681 g/mol. The van der Waals surface area contributed by atoms with Crippen molar-refractivity contribution in [2.24, 2.45) is 7.05 Å². The van der Waals surface area contributed by atoms with E-state index in [1.165, 1.54) is 7.11 Å². The molecule has 260 valence electrons. The number of carbonyl (C=O) groups is 2. The Hall–Kier alpha value is -3.81. The predicted molar refractivity (Wildman–Crippen MR) is 187 cm³/mol. The number of nitrogens with zero attached hydrogens (tertiary/aromatic N) is 4. The first-order chi connectivity index (χ1) is 22.7. The second-order valence-corrected chi connectivity index (χ2v) is 16.3. The molecule has 0 spiro atoms. The van der Waals surface area contributed by atoms with Crippen molar-refractivity contribution in [3.05, 3.63) is 47.5 Å². The number of ether oxygens (including phenoxy) is 2. The molecule has 2 aliphatic heterocycles. The molecular weight excluding hydrogens is 632 g/mol. The molecule has 3 aromatic rings. The summed E-state index contributed by atoms with van der Waals surface area (Å²) in [4.78, 5) is 33.0. The molecule has 6 rings (SSSR count). The van der Waals surface area contributed by atoms with Gasteiger partial charge in [-0.15, -0.1) is 0 Å². The van der Waals surface area contributed by atoms with Gasteiger partial charge in [-0.2, -0.15) is 0 Å². The molecule has 13 heteroatoms. The zero-order chi connectivity index (χ0) is 34.4. The molecule has 2 N–H and O–H groups in total. The summed E-state index contributed by atoms with van der Waals surface area (Å²) in [6.45, 7) is 10.7. The number of likely N-dealkylation sites (N-methyl/N-ethyl adjacent to an activating group) is 1. The maximum Gasteiger partial charge on any atom is 0.418 e. The lowest BCUT2D eigenvalue weighted by Crippen LogP contribution is -2.52. The van der Waals surface area contributed by atoms with Gasteiger partial charge in [-0.1, -0.05) is 39.0 Å². The molecule has 0 unspecified atom stereocenters. The first-order valence-electron chi connectivity index (χ1n) is 16.8. The van der Waals surface area contributed by atoms with Gasteiger partial charge < -0.3 is 18.9 Å². The number of amides is 2. The van der Waals surface area contributed by atoms with Crippen LogP contribution in [-0.4, -0.2) is 97.9 Å². The Morgan fingerprint density at radius 3 is 2.29 bits per heavy atom. The second kappa shape index (κ2) is 13.2. The lowest BCUT2D eigenvalue weighted by molar-refractivity contribution is -0.137. The van der Waals surface area contributed by atoms with Crippen molar-refractivity contribution in [2.75, 3.05) is 56.9 Å². The standard InChI is InChI=1S/C35H48N6O6S/c1-35(2,3)25-20-27(32(46-6)28(21-25)37-48(44,45)26-12-13-26)36-34(43)47-30-19-23-9-7-10-24(31(23)39(30)5)22-40-15-17-41(18-16-40)33(42)29-11-8-14-38(29)4/h7,9-10,19-21,26,29,37H,8,11-18,22H2,1-6H3,(H,36,43)/t29-/m0/s1. The number of aryl methyl sites for hydroxylation is 1. The number of piperazine rings is 1. The smallest absolute Gasteiger partial charge is 0.418 e. The lowest BCUT2D eigenvalue weighted by atomic mass is 9.86. The molecule has 3 fully saturated rings. The van der Waals surface area contributed by atoms with Gasteiger partial charge in [0.1, 0.15) is 0 Å². The summed E-state index contributed by atoms with van der Waals surface area (Å²) in [5, 5.41) is 3.33. The van der Waals surface area contributed by atoms with Gasteiger partial charge in [0.25, 0.3) is 0 Å². The molecular formula is C35H48N6O6S. The molecule has 48 heavy (non-hydrogen) atoms. The number of aromatic nitrogens is 1. The minimum atomic E-state index is -3.58. The third-order valence-corrected chi connectivity index (χ3v) is 11.6. The van der Waals surface area contributed by atoms with Crippen LogP contribution in [-0.2, 0) is 33.8 Å². The lowest BCUT2D eigenvalue weighted by Gasteiger charge is -2.37. The van der Waals surface area contributed by atoms with Crippen LogP contribution in [0.3, 0.4) is 0 Å². The number of carbonyl (C=O) groups excluding carboxylic acids is 2. The fourth-order valence-corrected chi connectivity index (χ4v) is 8.18. The molecule has 1 aliphatic carbocycles. The molecule has 2 amide bonds. The number of nitrogens with one attached hydrogen (secondary N) is 2. The Bertz CT molecular complexity index is 1800. The average Bonchev–Trinajstić information content (AvgIpc) is 3.74. The highest BCUT2D eigenvalue weighted by molar-refractivity contribution is 7.93. The van der Waals surface area contributed by atoms with Gasteiger partial charge in [0.15, 0.2) is 5.75 Å². The summed E-state index contributed by atoms with van der Waals surface area (Å²) in [5.41, 5.74) is 3.13. The molecule has 0 radical (unpaired) electrons. The highest BCUT2D eigenvalue weighted by atomic mass is 32.2. The predicted octanol–water partition coefficient (Wildman–Crippen LogP) is 4.74. The first kappa shape index (κ1) is 34.1. The highest BCUT2D eigenvalue weighted by Gasteiger charge is 2.37. The molecule has 2 aromatic carbocycles. The number of hydrogen-bond donors (Lipinski definition) is 2. The van der Waals surface area contributed by atoms with E-state index in [0.717, 1.165) is 54.5 Å². The number of benzene rings is 2. The van der Waals surface area contributed by atoms with E-state index in [4.69, 9.17) is 9.47 Å². The molecule has 1 atom stereocenters. The highest BCUT2D eigenvalue weighted by Crippen LogP contribution is 2.41. The number of likely N-dealkylation sites (tertiary alicyclic amines) is 1. The van der Waals surface area contributed by atoms with Gasteiger partial charge in [-0.05, 0) is 68.0 Å². The van der Waals surface area contributed by atoms with Crippen LogP contribution in [0.4, 0.5) is 16.2 Å². The minimum Gasteiger partial charge on any atom is -0.492 e. The van der Waals surface area contributed by atoms with E-state index in [-0.39, 0.29) is 28.8 Å². The van der Waals surface area contributed by atoms with Crippen LogP contribution in [0.2, 0.25) is 0 Å². The van der Waals surface area contributed by atoms with Crippen molar-refractivity contribution in [2.45, 2.75) is 69.7 Å². The largest absolute Gasteiger partial charge is 0.492 e. The van der Waals surface area contributed by atoms with Gasteiger partial charge in [0, 0.05) is 51.2 Å². The van der Waals surface area contributed by atoms with Crippen LogP contribution >= 0.6 is 0 Å². The molecule has 0 bridgehead atoms. The number of rotatable bonds is 9. The molecule has 2 saturated heterocycles. The Balaban J connectivity index is 1.17. The zero-order valence-electron chi connectivity index (χ0n) is 28.8. The molecule has 12 nitrogen and oxygen atoms in total. The summed E-state index contributed by atoms with van der Waals surface area (Å²) in [6, 6.07) is 11.5. The Labute approximate surface area is 283 Å². The van der Waals surface area contributed by atoms with Gasteiger partial charge in [0.05, 0.1) is 35.3 Å². The van der Waals surface area contributed by atoms with Crippen LogP contribution in [0.5, 0.6) is 11.6 Å². The summed E-state index contributed by atoms with van der Waals surface area (Å²) < 4.78 is 41.7. The number of methoxy groups -OCH3 is 1. The van der Waals surface area contributed by atoms with E-state index in [0.29, 0.717) is 44.0 Å². The molecule has 1 aromatic heterocycles. The van der Waals surface area contributed by atoms with E-state index >= 15 is 0 Å².